The minimum absolute atomic E-state index is 0.110. The molecule has 8 nitrogen and oxygen atoms in total. The molecule has 0 unspecified atom stereocenters. The third kappa shape index (κ3) is 2.87. The molecule has 9 heteroatoms. The highest BCUT2D eigenvalue weighted by Gasteiger charge is 2.11. The number of rotatable bonds is 4. The second-order valence-corrected chi connectivity index (χ2v) is 5.08. The van der Waals surface area contributed by atoms with Gasteiger partial charge in [0.25, 0.3) is 0 Å². The Kier molecular flexibility index (Phi) is 3.32. The van der Waals surface area contributed by atoms with E-state index in [0.717, 1.165) is 10.2 Å². The van der Waals surface area contributed by atoms with Crippen LogP contribution in [-0.4, -0.2) is 37.0 Å². The first-order valence-electron chi connectivity index (χ1n) is 5.88. The van der Waals surface area contributed by atoms with E-state index in [1.807, 2.05) is 12.1 Å². The minimum Gasteiger partial charge on any atom is -0.476 e. The third-order valence-electron chi connectivity index (χ3n) is 2.68. The van der Waals surface area contributed by atoms with Crippen LogP contribution in [-0.2, 0) is 11.3 Å². The molecule has 2 aromatic heterocycles. The first-order chi connectivity index (χ1) is 10.1. The first kappa shape index (κ1) is 13.2. The second-order valence-electron chi connectivity index (χ2n) is 4.19. The van der Waals surface area contributed by atoms with Gasteiger partial charge >= 0.3 is 5.97 Å². The molecule has 106 valence electrons. The molecular weight excluding hydrogens is 294 g/mol. The molecule has 0 aliphatic carbocycles. The number of carbonyl (C=O) groups excluding carboxylic acids is 1. The van der Waals surface area contributed by atoms with Gasteiger partial charge in [0, 0.05) is 5.69 Å². The maximum absolute atomic E-state index is 11.9. The van der Waals surface area contributed by atoms with E-state index in [0.29, 0.717) is 5.69 Å². The van der Waals surface area contributed by atoms with Crippen LogP contribution in [0.2, 0.25) is 0 Å². The Hall–Kier alpha value is -2.81. The van der Waals surface area contributed by atoms with Gasteiger partial charge in [0.15, 0.2) is 5.69 Å². The smallest absolute Gasteiger partial charge is 0.358 e. The fraction of sp³-hybridized carbons (Fsp3) is 0.0833. The van der Waals surface area contributed by atoms with Crippen molar-refractivity contribution >= 4 is 39.1 Å². The van der Waals surface area contributed by atoms with E-state index in [2.05, 4.69) is 20.6 Å². The van der Waals surface area contributed by atoms with Gasteiger partial charge in [-0.15, -0.1) is 16.4 Å². The molecule has 0 atom stereocenters. The van der Waals surface area contributed by atoms with Gasteiger partial charge in [0.2, 0.25) is 5.91 Å². The highest BCUT2D eigenvalue weighted by atomic mass is 32.1. The van der Waals surface area contributed by atoms with E-state index in [4.69, 9.17) is 5.11 Å². The number of nitrogens with zero attached hydrogens (tertiary/aromatic N) is 4. The maximum atomic E-state index is 11.9. The number of aromatic nitrogens is 4. The summed E-state index contributed by atoms with van der Waals surface area (Å²) in [7, 11) is 0. The molecule has 3 aromatic rings. The van der Waals surface area contributed by atoms with Gasteiger partial charge in [-0.1, -0.05) is 5.21 Å². The zero-order chi connectivity index (χ0) is 14.8. The summed E-state index contributed by atoms with van der Waals surface area (Å²) < 4.78 is 2.14. The van der Waals surface area contributed by atoms with E-state index in [9.17, 15) is 9.59 Å². The Bertz CT molecular complexity index is 825. The van der Waals surface area contributed by atoms with E-state index < -0.39 is 5.97 Å². The number of fused-ring (bicyclic) bond motifs is 1. The summed E-state index contributed by atoms with van der Waals surface area (Å²) in [5.74, 6) is -1.50. The number of hydrogen-bond acceptors (Lipinski definition) is 6. The Morgan fingerprint density at radius 2 is 2.24 bits per heavy atom. The summed E-state index contributed by atoms with van der Waals surface area (Å²) in [4.78, 5) is 26.7. The predicted molar refractivity (Wildman–Crippen MR) is 75.2 cm³/mol. The molecule has 3 rings (SSSR count). The number of aromatic carboxylic acids is 1. The minimum atomic E-state index is -1.18. The SMILES string of the molecule is O=C(Cn1cc(C(=O)O)nn1)Nc1ccc2ncsc2c1. The van der Waals surface area contributed by atoms with Gasteiger partial charge in [-0.05, 0) is 18.2 Å². The van der Waals surface area contributed by atoms with Gasteiger partial charge in [0.05, 0.1) is 21.9 Å². The molecular formula is C12H9N5O3S. The molecule has 0 saturated carbocycles. The second kappa shape index (κ2) is 5.29. The number of benzene rings is 1. The van der Waals surface area contributed by atoms with Crippen molar-refractivity contribution in [1.29, 1.82) is 0 Å². The summed E-state index contributed by atoms with van der Waals surface area (Å²) in [6.07, 6.45) is 1.20. The zero-order valence-electron chi connectivity index (χ0n) is 10.6. The molecule has 0 radical (unpaired) electrons. The van der Waals surface area contributed by atoms with Crippen LogP contribution in [0.5, 0.6) is 0 Å². The summed E-state index contributed by atoms with van der Waals surface area (Å²) in [6, 6.07) is 5.40. The number of carboxylic acid groups (broad SMARTS) is 1. The highest BCUT2D eigenvalue weighted by Crippen LogP contribution is 2.21. The number of amides is 1. The van der Waals surface area contributed by atoms with E-state index in [-0.39, 0.29) is 18.1 Å². The lowest BCUT2D eigenvalue weighted by molar-refractivity contribution is -0.116. The third-order valence-corrected chi connectivity index (χ3v) is 3.47. The molecule has 2 N–H and O–H groups in total. The first-order valence-corrected chi connectivity index (χ1v) is 6.76. The van der Waals surface area contributed by atoms with Crippen LogP contribution >= 0.6 is 11.3 Å². The fourth-order valence-electron chi connectivity index (χ4n) is 1.75. The largest absolute Gasteiger partial charge is 0.476 e. The Morgan fingerprint density at radius 3 is 3.00 bits per heavy atom. The predicted octanol–water partition coefficient (Wildman–Crippen LogP) is 1.22. The van der Waals surface area contributed by atoms with Crippen molar-refractivity contribution in [3.63, 3.8) is 0 Å². The van der Waals surface area contributed by atoms with Gasteiger partial charge in [-0.3, -0.25) is 4.79 Å². The quantitative estimate of drug-likeness (QED) is 0.750. The number of thiazole rings is 1. The maximum Gasteiger partial charge on any atom is 0.358 e. The van der Waals surface area contributed by atoms with Crippen molar-refractivity contribution < 1.29 is 14.7 Å². The number of hydrogen-bond donors (Lipinski definition) is 2. The fourth-order valence-corrected chi connectivity index (χ4v) is 2.47. The molecule has 0 saturated heterocycles. The monoisotopic (exact) mass is 303 g/mol. The number of carboxylic acids is 1. The van der Waals surface area contributed by atoms with Crippen LogP contribution in [0.1, 0.15) is 10.5 Å². The average molecular weight is 303 g/mol. The summed E-state index contributed by atoms with van der Waals surface area (Å²) in [6.45, 7) is -0.110. The normalized spacial score (nSPS) is 10.7. The summed E-state index contributed by atoms with van der Waals surface area (Å²) in [5.41, 5.74) is 3.06. The van der Waals surface area contributed by atoms with Crippen molar-refractivity contribution in [3.05, 3.63) is 35.6 Å². The van der Waals surface area contributed by atoms with E-state index in [1.54, 1.807) is 11.6 Å². The highest BCUT2D eigenvalue weighted by molar-refractivity contribution is 7.16. The molecule has 1 amide bonds. The van der Waals surface area contributed by atoms with Gasteiger partial charge in [0.1, 0.15) is 6.54 Å². The van der Waals surface area contributed by atoms with Crippen LogP contribution in [0.4, 0.5) is 5.69 Å². The lowest BCUT2D eigenvalue weighted by atomic mass is 10.3. The standard InChI is InChI=1S/C12H9N5O3S/c18-11(5-17-4-9(12(19)20)15-16-17)14-7-1-2-8-10(3-7)21-6-13-8/h1-4,6H,5H2,(H,14,18)(H,19,20). The zero-order valence-corrected chi connectivity index (χ0v) is 11.4. The Morgan fingerprint density at radius 1 is 1.38 bits per heavy atom. The van der Waals surface area contributed by atoms with Crippen LogP contribution in [0.25, 0.3) is 10.2 Å². The Balaban J connectivity index is 1.68. The van der Waals surface area contributed by atoms with Crippen molar-refractivity contribution in [3.8, 4) is 0 Å². The molecule has 0 bridgehead atoms. The van der Waals surface area contributed by atoms with Crippen LogP contribution in [0.15, 0.2) is 29.9 Å². The van der Waals surface area contributed by atoms with Crippen LogP contribution < -0.4 is 5.32 Å². The van der Waals surface area contributed by atoms with Crippen molar-refractivity contribution in [1.82, 2.24) is 20.0 Å². The summed E-state index contributed by atoms with van der Waals surface area (Å²) >= 11 is 1.48. The lowest BCUT2D eigenvalue weighted by Crippen LogP contribution is -2.19. The topological polar surface area (TPSA) is 110 Å². The molecule has 0 spiro atoms. The molecule has 0 fully saturated rings. The van der Waals surface area contributed by atoms with Crippen molar-refractivity contribution in [2.24, 2.45) is 0 Å². The van der Waals surface area contributed by atoms with Gasteiger partial charge in [-0.2, -0.15) is 0 Å². The number of anilines is 1. The number of carbonyl (C=O) groups is 2. The van der Waals surface area contributed by atoms with Crippen molar-refractivity contribution in [2.45, 2.75) is 6.54 Å². The number of nitrogens with one attached hydrogen (secondary N) is 1. The lowest BCUT2D eigenvalue weighted by Gasteiger charge is -2.04. The summed E-state index contributed by atoms with van der Waals surface area (Å²) in [5, 5.41) is 18.5. The Labute approximate surface area is 122 Å². The van der Waals surface area contributed by atoms with Crippen LogP contribution in [0.3, 0.4) is 0 Å². The van der Waals surface area contributed by atoms with Gasteiger partial charge < -0.3 is 10.4 Å². The molecule has 2 heterocycles. The van der Waals surface area contributed by atoms with E-state index in [1.165, 1.54) is 22.2 Å². The molecule has 1 aromatic carbocycles. The molecule has 0 aliphatic heterocycles. The van der Waals surface area contributed by atoms with Gasteiger partial charge in [-0.25, -0.2) is 14.5 Å². The van der Waals surface area contributed by atoms with E-state index >= 15 is 0 Å². The average Bonchev–Trinajstić information content (AvgIpc) is 3.06. The molecule has 21 heavy (non-hydrogen) atoms. The molecule has 0 aliphatic rings. The van der Waals surface area contributed by atoms with Crippen molar-refractivity contribution in [2.75, 3.05) is 5.32 Å². The van der Waals surface area contributed by atoms with Crippen LogP contribution in [0, 0.1) is 0 Å².